The minimum absolute atomic E-state index is 0.0252. The molecule has 0 bridgehead atoms. The summed E-state index contributed by atoms with van der Waals surface area (Å²) in [5.41, 5.74) is 16.4. The van der Waals surface area contributed by atoms with E-state index in [1.54, 1.807) is 0 Å². The Kier molecular flexibility index (Phi) is 7.52. The molecule has 1 nitrogen and oxygen atoms in total. The van der Waals surface area contributed by atoms with Gasteiger partial charge in [0, 0.05) is 27.3 Å². The minimum Gasteiger partial charge on any atom is -0.310 e. The molecule has 1 heterocycles. The van der Waals surface area contributed by atoms with Crippen molar-refractivity contribution in [3.8, 4) is 0 Å². The van der Waals surface area contributed by atoms with Crippen LogP contribution in [0.4, 0.5) is 17.1 Å². The first kappa shape index (κ1) is 33.5. The molecule has 0 radical (unpaired) electrons. The number of allylic oxidation sites excluding steroid dienone is 4. The lowest BCUT2D eigenvalue weighted by atomic mass is 9.50. The van der Waals surface area contributed by atoms with Gasteiger partial charge in [-0.05, 0) is 98.0 Å². The smallest absolute Gasteiger partial charge is 0.0506 e. The molecule has 0 saturated heterocycles. The molecule has 51 heavy (non-hydrogen) atoms. The van der Waals surface area contributed by atoms with Gasteiger partial charge in [-0.25, -0.2) is 0 Å². The third kappa shape index (κ3) is 4.33. The number of hydrogen-bond donors (Lipinski definition) is 0. The Morgan fingerprint density at radius 3 is 1.55 bits per heavy atom. The van der Waals surface area contributed by atoms with Crippen LogP contribution in [-0.4, -0.2) is 0 Å². The van der Waals surface area contributed by atoms with Crippen LogP contribution in [0.25, 0.3) is 0 Å². The van der Waals surface area contributed by atoms with Crippen molar-refractivity contribution < 1.29 is 0 Å². The summed E-state index contributed by atoms with van der Waals surface area (Å²) >= 11 is 0. The molecule has 0 amide bonds. The van der Waals surface area contributed by atoms with Gasteiger partial charge in [0.1, 0.15) is 0 Å². The molecule has 0 saturated carbocycles. The normalized spacial score (nSPS) is 22.3. The SMILES string of the molecule is CC1=C(C)C2(CC1(C)Cc1cccc(C3(c4ccccc4)C(C)(C)C(C)=C(C)C3(C)C)c1)c1ccccc1N(c1ccccc1)c1ccccc12. The molecular formula is C50H53N. The van der Waals surface area contributed by atoms with Gasteiger partial charge in [-0.3, -0.25) is 0 Å². The lowest BCUT2D eigenvalue weighted by molar-refractivity contribution is 0.155. The highest BCUT2D eigenvalue weighted by molar-refractivity contribution is 5.88. The first-order valence-electron chi connectivity index (χ1n) is 18.9. The van der Waals surface area contributed by atoms with Crippen molar-refractivity contribution in [2.75, 3.05) is 4.90 Å². The summed E-state index contributed by atoms with van der Waals surface area (Å²) in [6.45, 7) is 22.1. The van der Waals surface area contributed by atoms with Gasteiger partial charge in [0.05, 0.1) is 11.4 Å². The molecule has 2 aliphatic carbocycles. The second kappa shape index (κ2) is 11.4. The van der Waals surface area contributed by atoms with Crippen LogP contribution in [0.15, 0.2) is 156 Å². The number of rotatable bonds is 5. The zero-order valence-electron chi connectivity index (χ0n) is 32.1. The van der Waals surface area contributed by atoms with Crippen molar-refractivity contribution in [3.05, 3.63) is 184 Å². The van der Waals surface area contributed by atoms with E-state index >= 15 is 0 Å². The maximum absolute atomic E-state index is 2.58. The number of para-hydroxylation sites is 3. The molecule has 0 fully saturated rings. The van der Waals surface area contributed by atoms with Crippen molar-refractivity contribution >= 4 is 17.1 Å². The molecular weight excluding hydrogens is 615 g/mol. The highest BCUT2D eigenvalue weighted by Crippen LogP contribution is 2.69. The fraction of sp³-hybridized carbons (Fsp3) is 0.320. The van der Waals surface area contributed by atoms with E-state index in [0.717, 1.165) is 12.8 Å². The van der Waals surface area contributed by atoms with Crippen LogP contribution in [0.2, 0.25) is 0 Å². The molecule has 5 aromatic carbocycles. The fourth-order valence-electron chi connectivity index (χ4n) is 11.5. The maximum atomic E-state index is 2.58. The zero-order valence-corrected chi connectivity index (χ0v) is 32.1. The minimum atomic E-state index is -0.202. The van der Waals surface area contributed by atoms with Crippen molar-refractivity contribution in [1.29, 1.82) is 0 Å². The molecule has 0 N–H and O–H groups in total. The van der Waals surface area contributed by atoms with Crippen molar-refractivity contribution in [3.63, 3.8) is 0 Å². The molecule has 0 aromatic heterocycles. The van der Waals surface area contributed by atoms with Gasteiger partial charge in [0.25, 0.3) is 0 Å². The van der Waals surface area contributed by atoms with Crippen LogP contribution in [0.3, 0.4) is 0 Å². The average molecular weight is 668 g/mol. The molecule has 1 unspecified atom stereocenters. The Labute approximate surface area is 306 Å². The third-order valence-electron chi connectivity index (χ3n) is 14.5. The molecule has 1 heteroatoms. The molecule has 1 atom stereocenters. The Morgan fingerprint density at radius 1 is 0.490 bits per heavy atom. The lowest BCUT2D eigenvalue weighted by Crippen LogP contribution is -2.49. The van der Waals surface area contributed by atoms with E-state index in [0.29, 0.717) is 0 Å². The summed E-state index contributed by atoms with van der Waals surface area (Å²) in [6, 6.07) is 50.3. The van der Waals surface area contributed by atoms with E-state index in [9.17, 15) is 0 Å². The average Bonchev–Trinajstić information content (AvgIpc) is 3.39. The van der Waals surface area contributed by atoms with Crippen LogP contribution in [0.5, 0.6) is 0 Å². The van der Waals surface area contributed by atoms with Crippen LogP contribution in [0.1, 0.15) is 96.6 Å². The predicted molar refractivity (Wildman–Crippen MR) is 216 cm³/mol. The molecule has 3 aliphatic rings. The van der Waals surface area contributed by atoms with Crippen molar-refractivity contribution in [2.24, 2.45) is 16.2 Å². The standard InChI is InChI=1S/C50H53N/c1-34-35(2)47(7,8)50(46(34,5)6,39-22-12-10-13-23-39)40-24-20-21-38(31-40)32-48(9)33-49(37(4)36(48)3)42-27-16-18-29-44(42)51(41-25-14-11-15-26-41)45-30-19-17-28-43(45)49/h10-31H,32-33H2,1-9H3. The second-order valence-electron chi connectivity index (χ2n) is 17.1. The Bertz CT molecular complexity index is 2140. The van der Waals surface area contributed by atoms with E-state index in [4.69, 9.17) is 0 Å². The summed E-state index contributed by atoms with van der Waals surface area (Å²) in [5, 5.41) is 0. The molecule has 5 aromatic rings. The fourth-order valence-corrected chi connectivity index (χ4v) is 11.5. The van der Waals surface area contributed by atoms with Crippen LogP contribution in [0, 0.1) is 16.2 Å². The number of nitrogens with zero attached hydrogens (tertiary/aromatic N) is 1. The number of benzene rings is 5. The van der Waals surface area contributed by atoms with E-state index in [2.05, 4.69) is 201 Å². The lowest BCUT2D eigenvalue weighted by Gasteiger charge is -2.52. The largest absolute Gasteiger partial charge is 0.310 e. The Balaban J connectivity index is 1.26. The van der Waals surface area contributed by atoms with Gasteiger partial charge in [-0.15, -0.1) is 0 Å². The summed E-state index contributed by atoms with van der Waals surface area (Å²) in [7, 11) is 0. The van der Waals surface area contributed by atoms with Gasteiger partial charge in [-0.2, -0.15) is 0 Å². The van der Waals surface area contributed by atoms with E-state index in [1.165, 1.54) is 67.2 Å². The number of hydrogen-bond acceptors (Lipinski definition) is 1. The van der Waals surface area contributed by atoms with Crippen molar-refractivity contribution in [1.82, 2.24) is 0 Å². The highest BCUT2D eigenvalue weighted by atomic mass is 15.2. The van der Waals surface area contributed by atoms with E-state index in [1.807, 2.05) is 0 Å². The number of anilines is 3. The van der Waals surface area contributed by atoms with Crippen LogP contribution >= 0.6 is 0 Å². The topological polar surface area (TPSA) is 3.24 Å². The second-order valence-corrected chi connectivity index (χ2v) is 17.1. The molecule has 1 aliphatic heterocycles. The monoisotopic (exact) mass is 667 g/mol. The third-order valence-corrected chi connectivity index (χ3v) is 14.5. The quantitative estimate of drug-likeness (QED) is 0.169. The summed E-state index contributed by atoms with van der Waals surface area (Å²) in [6.07, 6.45) is 2.04. The summed E-state index contributed by atoms with van der Waals surface area (Å²) in [5.74, 6) is 0. The van der Waals surface area contributed by atoms with Gasteiger partial charge in [0.2, 0.25) is 0 Å². The van der Waals surface area contributed by atoms with E-state index < -0.39 is 0 Å². The molecule has 258 valence electrons. The maximum Gasteiger partial charge on any atom is 0.0506 e. The van der Waals surface area contributed by atoms with Gasteiger partial charge in [-0.1, -0.05) is 166 Å². The Hall–Kier alpha value is -4.62. The van der Waals surface area contributed by atoms with Crippen LogP contribution in [-0.2, 0) is 17.3 Å². The van der Waals surface area contributed by atoms with Gasteiger partial charge in [0.15, 0.2) is 0 Å². The van der Waals surface area contributed by atoms with Gasteiger partial charge < -0.3 is 4.90 Å². The highest BCUT2D eigenvalue weighted by Gasteiger charge is 2.63. The molecule has 8 rings (SSSR count). The number of fused-ring (bicyclic) bond motifs is 4. The predicted octanol–water partition coefficient (Wildman–Crippen LogP) is 13.4. The van der Waals surface area contributed by atoms with E-state index in [-0.39, 0.29) is 27.1 Å². The van der Waals surface area contributed by atoms with Gasteiger partial charge >= 0.3 is 0 Å². The summed E-state index contributed by atoms with van der Waals surface area (Å²) in [4.78, 5) is 2.48. The molecule has 1 spiro atoms. The summed E-state index contributed by atoms with van der Waals surface area (Å²) < 4.78 is 0. The van der Waals surface area contributed by atoms with Crippen molar-refractivity contribution in [2.45, 2.75) is 86.0 Å². The zero-order chi connectivity index (χ0) is 36.0. The first-order valence-corrected chi connectivity index (χ1v) is 18.9. The van der Waals surface area contributed by atoms with Crippen LogP contribution < -0.4 is 4.90 Å². The first-order chi connectivity index (χ1) is 24.3. The Morgan fingerprint density at radius 2 is 0.980 bits per heavy atom.